The van der Waals surface area contributed by atoms with Gasteiger partial charge in [-0.25, -0.2) is 4.39 Å². The Balaban J connectivity index is 2.55. The van der Waals surface area contributed by atoms with Crippen molar-refractivity contribution in [3.63, 3.8) is 0 Å². The molecule has 0 radical (unpaired) electrons. The molecule has 18 heavy (non-hydrogen) atoms. The van der Waals surface area contributed by atoms with Crippen LogP contribution in [0.3, 0.4) is 0 Å². The molecule has 4 heteroatoms. The van der Waals surface area contributed by atoms with Crippen molar-refractivity contribution in [1.82, 2.24) is 5.32 Å². The van der Waals surface area contributed by atoms with Crippen LogP contribution in [0.1, 0.15) is 32.8 Å². The summed E-state index contributed by atoms with van der Waals surface area (Å²) in [5.41, 5.74) is 0.552. The van der Waals surface area contributed by atoms with Crippen LogP contribution in [-0.4, -0.2) is 18.1 Å². The molecule has 3 nitrogen and oxygen atoms in total. The van der Waals surface area contributed by atoms with Gasteiger partial charge in [0.1, 0.15) is 11.6 Å². The molecule has 0 saturated heterocycles. The number of nitrogens with one attached hydrogen (secondary N) is 1. The van der Waals surface area contributed by atoms with Crippen molar-refractivity contribution < 1.29 is 13.9 Å². The Morgan fingerprint density at radius 1 is 1.44 bits per heavy atom. The summed E-state index contributed by atoms with van der Waals surface area (Å²) >= 11 is 0. The third-order valence-electron chi connectivity index (χ3n) is 2.87. The number of amides is 1. The highest BCUT2D eigenvalue weighted by atomic mass is 19.1. The lowest BCUT2D eigenvalue weighted by Gasteiger charge is -2.24. The van der Waals surface area contributed by atoms with Gasteiger partial charge in [0.05, 0.1) is 0 Å². The van der Waals surface area contributed by atoms with E-state index >= 15 is 0 Å². The molecule has 0 bridgehead atoms. The summed E-state index contributed by atoms with van der Waals surface area (Å²) in [4.78, 5) is 11.7. The molecule has 0 spiro atoms. The van der Waals surface area contributed by atoms with E-state index in [9.17, 15) is 9.18 Å². The van der Waals surface area contributed by atoms with Crippen molar-refractivity contribution in [2.45, 2.75) is 39.7 Å². The van der Waals surface area contributed by atoms with E-state index in [1.54, 1.807) is 6.07 Å². The highest BCUT2D eigenvalue weighted by Gasteiger charge is 2.18. The minimum Gasteiger partial charge on any atom is -0.483 e. The number of hydrogen-bond acceptors (Lipinski definition) is 2. The molecule has 0 aliphatic rings. The fraction of sp³-hybridized carbons (Fsp3) is 0.500. The maximum absolute atomic E-state index is 13.0. The Morgan fingerprint density at radius 2 is 2.11 bits per heavy atom. The molecule has 1 aromatic carbocycles. The van der Waals surface area contributed by atoms with E-state index < -0.39 is 0 Å². The van der Waals surface area contributed by atoms with Crippen LogP contribution in [0.15, 0.2) is 18.2 Å². The molecular formula is C14H20FNO2. The van der Waals surface area contributed by atoms with Crippen molar-refractivity contribution in [2.75, 3.05) is 6.61 Å². The Kier molecular flexibility index (Phi) is 4.70. The second kappa shape index (κ2) is 5.85. The maximum Gasteiger partial charge on any atom is 0.258 e. The second-order valence-electron chi connectivity index (χ2n) is 4.98. The van der Waals surface area contributed by atoms with E-state index in [4.69, 9.17) is 4.74 Å². The minimum absolute atomic E-state index is 0.103. The van der Waals surface area contributed by atoms with Crippen LogP contribution in [0, 0.1) is 12.7 Å². The van der Waals surface area contributed by atoms with Crippen LogP contribution < -0.4 is 10.1 Å². The topological polar surface area (TPSA) is 38.3 Å². The number of rotatable bonds is 5. The lowest BCUT2D eigenvalue weighted by molar-refractivity contribution is -0.124. The molecule has 100 valence electrons. The molecule has 0 heterocycles. The summed E-state index contributed by atoms with van der Waals surface area (Å²) < 4.78 is 18.3. The quantitative estimate of drug-likeness (QED) is 0.876. The van der Waals surface area contributed by atoms with Crippen molar-refractivity contribution in [3.05, 3.63) is 29.6 Å². The second-order valence-corrected chi connectivity index (χ2v) is 4.98. The SMILES string of the molecule is CCC(C)(C)NC(=O)COc1cc(F)ccc1C. The molecule has 0 unspecified atom stereocenters. The van der Waals surface area contributed by atoms with Gasteiger partial charge in [-0.05, 0) is 38.8 Å². The molecule has 0 aromatic heterocycles. The highest BCUT2D eigenvalue weighted by Crippen LogP contribution is 2.18. The van der Waals surface area contributed by atoms with Gasteiger partial charge < -0.3 is 10.1 Å². The van der Waals surface area contributed by atoms with Crippen LogP contribution >= 0.6 is 0 Å². The Bertz CT molecular complexity index is 430. The van der Waals surface area contributed by atoms with E-state index in [1.165, 1.54) is 12.1 Å². The zero-order valence-electron chi connectivity index (χ0n) is 11.3. The summed E-state index contributed by atoms with van der Waals surface area (Å²) in [6, 6.07) is 4.27. The minimum atomic E-state index is -0.370. The Morgan fingerprint density at radius 3 is 2.72 bits per heavy atom. The van der Waals surface area contributed by atoms with Crippen molar-refractivity contribution in [1.29, 1.82) is 0 Å². The standard InChI is InChI=1S/C14H20FNO2/c1-5-14(3,4)16-13(17)9-18-12-8-11(15)7-6-10(12)2/h6-8H,5,9H2,1-4H3,(H,16,17). The maximum atomic E-state index is 13.0. The normalized spacial score (nSPS) is 11.2. The van der Waals surface area contributed by atoms with Crippen LogP contribution in [0.2, 0.25) is 0 Å². The molecule has 0 aliphatic carbocycles. The fourth-order valence-corrected chi connectivity index (χ4v) is 1.37. The van der Waals surface area contributed by atoms with E-state index in [1.807, 2.05) is 27.7 Å². The van der Waals surface area contributed by atoms with Gasteiger partial charge in [-0.1, -0.05) is 13.0 Å². The molecule has 0 aliphatic heterocycles. The van der Waals surface area contributed by atoms with Crippen molar-refractivity contribution >= 4 is 5.91 Å². The first-order valence-electron chi connectivity index (χ1n) is 6.04. The number of carbonyl (C=O) groups is 1. The first-order chi connectivity index (χ1) is 8.34. The lowest BCUT2D eigenvalue weighted by atomic mass is 10.0. The van der Waals surface area contributed by atoms with E-state index in [0.29, 0.717) is 5.75 Å². The van der Waals surface area contributed by atoms with Gasteiger partial charge in [0, 0.05) is 11.6 Å². The number of aryl methyl sites for hydroxylation is 1. The van der Waals surface area contributed by atoms with Crippen LogP contribution in [0.25, 0.3) is 0 Å². The number of hydrogen-bond donors (Lipinski definition) is 1. The number of carbonyl (C=O) groups excluding carboxylic acids is 1. The molecule has 0 saturated carbocycles. The molecule has 0 atom stereocenters. The van der Waals surface area contributed by atoms with Gasteiger partial charge >= 0.3 is 0 Å². The number of benzene rings is 1. The lowest BCUT2D eigenvalue weighted by Crippen LogP contribution is -2.44. The molecule has 0 fully saturated rings. The molecule has 1 aromatic rings. The zero-order valence-corrected chi connectivity index (χ0v) is 11.3. The molecule has 1 N–H and O–H groups in total. The Hall–Kier alpha value is -1.58. The predicted octanol–water partition coefficient (Wildman–Crippen LogP) is 2.82. The largest absolute Gasteiger partial charge is 0.483 e. The van der Waals surface area contributed by atoms with E-state index in [0.717, 1.165) is 12.0 Å². The van der Waals surface area contributed by atoms with Gasteiger partial charge in [-0.2, -0.15) is 0 Å². The molecule has 1 rings (SSSR count). The molecule has 1 amide bonds. The van der Waals surface area contributed by atoms with Crippen LogP contribution in [-0.2, 0) is 4.79 Å². The van der Waals surface area contributed by atoms with E-state index in [-0.39, 0.29) is 23.9 Å². The average Bonchev–Trinajstić information content (AvgIpc) is 2.30. The Labute approximate surface area is 107 Å². The summed E-state index contributed by atoms with van der Waals surface area (Å²) in [5.74, 6) is -0.171. The summed E-state index contributed by atoms with van der Waals surface area (Å²) in [5, 5.41) is 2.85. The van der Waals surface area contributed by atoms with Gasteiger partial charge in [0.2, 0.25) is 0 Å². The average molecular weight is 253 g/mol. The first-order valence-corrected chi connectivity index (χ1v) is 6.04. The van der Waals surface area contributed by atoms with Gasteiger partial charge in [-0.15, -0.1) is 0 Å². The fourth-order valence-electron chi connectivity index (χ4n) is 1.37. The highest BCUT2D eigenvalue weighted by molar-refractivity contribution is 5.78. The van der Waals surface area contributed by atoms with Gasteiger partial charge in [0.15, 0.2) is 6.61 Å². The van der Waals surface area contributed by atoms with Crippen molar-refractivity contribution in [2.24, 2.45) is 0 Å². The summed E-state index contributed by atoms with van der Waals surface area (Å²) in [7, 11) is 0. The van der Waals surface area contributed by atoms with Crippen molar-refractivity contribution in [3.8, 4) is 5.75 Å². The molecular weight excluding hydrogens is 233 g/mol. The van der Waals surface area contributed by atoms with E-state index in [2.05, 4.69) is 5.32 Å². The number of halogens is 1. The van der Waals surface area contributed by atoms with Crippen LogP contribution in [0.4, 0.5) is 4.39 Å². The van der Waals surface area contributed by atoms with Gasteiger partial charge in [-0.3, -0.25) is 4.79 Å². The zero-order chi connectivity index (χ0) is 13.8. The summed E-state index contributed by atoms with van der Waals surface area (Å²) in [6.45, 7) is 7.59. The summed E-state index contributed by atoms with van der Waals surface area (Å²) in [6.07, 6.45) is 0.831. The third-order valence-corrected chi connectivity index (χ3v) is 2.87. The third kappa shape index (κ3) is 4.35. The number of ether oxygens (including phenoxy) is 1. The monoisotopic (exact) mass is 253 g/mol. The predicted molar refractivity (Wildman–Crippen MR) is 69.1 cm³/mol. The smallest absolute Gasteiger partial charge is 0.258 e. The van der Waals surface area contributed by atoms with Crippen LogP contribution in [0.5, 0.6) is 5.75 Å². The first kappa shape index (κ1) is 14.5. The van der Waals surface area contributed by atoms with Gasteiger partial charge in [0.25, 0.3) is 5.91 Å².